The standard InChI is InChI=1S/C18H15N5O4/c1-11-8-17(21-18(20-11)14-4-2-3-5-16(14)25)22-19-10-12-9-13(23(26)27)6-7-15(12)24/h2-10,24-25H,1H3,(H,20,21,22). The van der Waals surface area contributed by atoms with Crippen LogP contribution in [0.3, 0.4) is 0 Å². The summed E-state index contributed by atoms with van der Waals surface area (Å²) in [5.74, 6) is 0.602. The molecule has 27 heavy (non-hydrogen) atoms. The van der Waals surface area contributed by atoms with Crippen LogP contribution in [0.4, 0.5) is 11.5 Å². The minimum atomic E-state index is -0.559. The van der Waals surface area contributed by atoms with Crippen molar-refractivity contribution in [3.05, 3.63) is 69.9 Å². The number of aromatic hydroxyl groups is 2. The fourth-order valence-corrected chi connectivity index (χ4v) is 2.34. The van der Waals surface area contributed by atoms with Crippen LogP contribution in [0.2, 0.25) is 0 Å². The Morgan fingerprint density at radius 3 is 2.63 bits per heavy atom. The van der Waals surface area contributed by atoms with Crippen LogP contribution in [-0.4, -0.2) is 31.3 Å². The first-order chi connectivity index (χ1) is 12.9. The van der Waals surface area contributed by atoms with Gasteiger partial charge >= 0.3 is 0 Å². The molecule has 3 N–H and O–H groups in total. The number of aromatic nitrogens is 2. The first-order valence-corrected chi connectivity index (χ1v) is 7.84. The lowest BCUT2D eigenvalue weighted by Gasteiger charge is -2.07. The topological polar surface area (TPSA) is 134 Å². The van der Waals surface area contributed by atoms with E-state index in [1.807, 2.05) is 0 Å². The summed E-state index contributed by atoms with van der Waals surface area (Å²) in [5, 5.41) is 34.5. The van der Waals surface area contributed by atoms with E-state index >= 15 is 0 Å². The van der Waals surface area contributed by atoms with Crippen molar-refractivity contribution in [1.82, 2.24) is 9.97 Å². The van der Waals surface area contributed by atoms with Crippen molar-refractivity contribution in [2.45, 2.75) is 6.92 Å². The van der Waals surface area contributed by atoms with E-state index in [-0.39, 0.29) is 22.7 Å². The molecular weight excluding hydrogens is 350 g/mol. The number of hydrogen-bond acceptors (Lipinski definition) is 8. The number of aryl methyl sites for hydroxylation is 1. The highest BCUT2D eigenvalue weighted by Gasteiger charge is 2.10. The molecule has 0 saturated heterocycles. The summed E-state index contributed by atoms with van der Waals surface area (Å²) in [7, 11) is 0. The molecule has 0 unspecified atom stereocenters. The highest BCUT2D eigenvalue weighted by atomic mass is 16.6. The molecule has 3 aromatic rings. The number of benzene rings is 2. The van der Waals surface area contributed by atoms with Gasteiger partial charge in [-0.1, -0.05) is 12.1 Å². The summed E-state index contributed by atoms with van der Waals surface area (Å²) in [5.41, 5.74) is 3.85. The second kappa shape index (κ2) is 7.48. The minimum absolute atomic E-state index is 0.0547. The van der Waals surface area contributed by atoms with Gasteiger partial charge in [0.2, 0.25) is 0 Å². The predicted molar refractivity (Wildman–Crippen MR) is 99.8 cm³/mol. The SMILES string of the molecule is Cc1cc(NN=Cc2cc([N+](=O)[O-])ccc2O)nc(-c2ccccc2O)n1. The minimum Gasteiger partial charge on any atom is -0.507 e. The molecule has 1 heterocycles. The summed E-state index contributed by atoms with van der Waals surface area (Å²) in [4.78, 5) is 18.9. The number of nitro groups is 1. The Hall–Kier alpha value is -4.01. The van der Waals surface area contributed by atoms with Gasteiger partial charge in [0.15, 0.2) is 11.6 Å². The quantitative estimate of drug-likeness (QED) is 0.359. The molecule has 9 nitrogen and oxygen atoms in total. The van der Waals surface area contributed by atoms with Crippen molar-refractivity contribution >= 4 is 17.7 Å². The Bertz CT molecular complexity index is 1040. The van der Waals surface area contributed by atoms with E-state index in [9.17, 15) is 20.3 Å². The van der Waals surface area contributed by atoms with Crippen molar-refractivity contribution in [2.75, 3.05) is 5.43 Å². The van der Waals surface area contributed by atoms with Crippen molar-refractivity contribution in [1.29, 1.82) is 0 Å². The molecule has 0 bridgehead atoms. The van der Waals surface area contributed by atoms with Gasteiger partial charge in [-0.2, -0.15) is 5.10 Å². The molecule has 2 aromatic carbocycles. The van der Waals surface area contributed by atoms with E-state index in [4.69, 9.17) is 0 Å². The van der Waals surface area contributed by atoms with Crippen LogP contribution in [0.15, 0.2) is 53.6 Å². The molecule has 0 radical (unpaired) electrons. The number of nitro benzene ring substituents is 1. The molecule has 0 fully saturated rings. The molecule has 1 aromatic heterocycles. The number of hydrogen-bond donors (Lipinski definition) is 3. The van der Waals surface area contributed by atoms with Gasteiger partial charge in [0, 0.05) is 29.5 Å². The summed E-state index contributed by atoms with van der Waals surface area (Å²) < 4.78 is 0. The summed E-state index contributed by atoms with van der Waals surface area (Å²) in [6.45, 7) is 1.77. The zero-order valence-corrected chi connectivity index (χ0v) is 14.2. The maximum Gasteiger partial charge on any atom is 0.270 e. The third-order valence-corrected chi connectivity index (χ3v) is 3.60. The van der Waals surface area contributed by atoms with E-state index in [1.165, 1.54) is 30.5 Å². The number of phenolic OH excluding ortho intramolecular Hbond substituents is 2. The molecule has 0 aliphatic carbocycles. The Balaban J connectivity index is 1.85. The number of non-ortho nitro benzene ring substituents is 1. The third kappa shape index (κ3) is 4.15. The van der Waals surface area contributed by atoms with Crippen molar-refractivity contribution < 1.29 is 15.1 Å². The second-order valence-corrected chi connectivity index (χ2v) is 5.61. The van der Waals surface area contributed by atoms with Crippen molar-refractivity contribution in [3.8, 4) is 22.9 Å². The average molecular weight is 365 g/mol. The smallest absolute Gasteiger partial charge is 0.270 e. The van der Waals surface area contributed by atoms with Crippen LogP contribution in [0.1, 0.15) is 11.3 Å². The van der Waals surface area contributed by atoms with E-state index in [0.29, 0.717) is 22.9 Å². The molecule has 0 amide bonds. The number of para-hydroxylation sites is 1. The van der Waals surface area contributed by atoms with Crippen LogP contribution in [-0.2, 0) is 0 Å². The Labute approximate surface area is 153 Å². The fraction of sp³-hybridized carbons (Fsp3) is 0.0556. The molecule has 0 aliphatic rings. The van der Waals surface area contributed by atoms with Gasteiger partial charge in [0.1, 0.15) is 11.5 Å². The molecule has 9 heteroatoms. The highest BCUT2D eigenvalue weighted by Crippen LogP contribution is 2.27. The molecule has 0 aliphatic heterocycles. The van der Waals surface area contributed by atoms with Crippen LogP contribution >= 0.6 is 0 Å². The van der Waals surface area contributed by atoms with Crippen LogP contribution in [0, 0.1) is 17.0 Å². The molecule has 0 atom stereocenters. The second-order valence-electron chi connectivity index (χ2n) is 5.61. The number of phenols is 2. The van der Waals surface area contributed by atoms with Crippen LogP contribution in [0.25, 0.3) is 11.4 Å². The predicted octanol–water partition coefficient (Wildman–Crippen LogP) is 3.22. The Morgan fingerprint density at radius 2 is 1.89 bits per heavy atom. The highest BCUT2D eigenvalue weighted by molar-refractivity contribution is 5.84. The van der Waals surface area contributed by atoms with Gasteiger partial charge in [-0.15, -0.1) is 0 Å². The van der Waals surface area contributed by atoms with E-state index in [1.54, 1.807) is 31.2 Å². The zero-order chi connectivity index (χ0) is 19.4. The van der Waals surface area contributed by atoms with Crippen molar-refractivity contribution in [3.63, 3.8) is 0 Å². The van der Waals surface area contributed by atoms with Gasteiger partial charge in [0.05, 0.1) is 16.7 Å². The van der Waals surface area contributed by atoms with Gasteiger partial charge in [-0.05, 0) is 25.1 Å². The molecule has 136 valence electrons. The lowest BCUT2D eigenvalue weighted by atomic mass is 10.2. The lowest BCUT2D eigenvalue weighted by molar-refractivity contribution is -0.384. The number of hydrazone groups is 1. The number of anilines is 1. The molecule has 3 rings (SSSR count). The summed E-state index contributed by atoms with van der Waals surface area (Å²) in [6, 6.07) is 12.0. The first-order valence-electron chi connectivity index (χ1n) is 7.84. The van der Waals surface area contributed by atoms with Crippen LogP contribution in [0.5, 0.6) is 11.5 Å². The van der Waals surface area contributed by atoms with Crippen LogP contribution < -0.4 is 5.43 Å². The van der Waals surface area contributed by atoms with Crippen molar-refractivity contribution in [2.24, 2.45) is 5.10 Å². The van der Waals surface area contributed by atoms with E-state index in [2.05, 4.69) is 20.5 Å². The molecule has 0 saturated carbocycles. The number of nitrogens with one attached hydrogen (secondary N) is 1. The van der Waals surface area contributed by atoms with Gasteiger partial charge < -0.3 is 10.2 Å². The largest absolute Gasteiger partial charge is 0.507 e. The van der Waals surface area contributed by atoms with Gasteiger partial charge in [0.25, 0.3) is 5.69 Å². The summed E-state index contributed by atoms with van der Waals surface area (Å²) >= 11 is 0. The average Bonchev–Trinajstić information content (AvgIpc) is 2.63. The van der Waals surface area contributed by atoms with Gasteiger partial charge in [-0.3, -0.25) is 15.5 Å². The summed E-state index contributed by atoms with van der Waals surface area (Å²) in [6.07, 6.45) is 1.25. The van der Waals surface area contributed by atoms with E-state index in [0.717, 1.165) is 0 Å². The Kier molecular flexibility index (Phi) is 4.93. The maximum atomic E-state index is 10.8. The third-order valence-electron chi connectivity index (χ3n) is 3.60. The monoisotopic (exact) mass is 365 g/mol. The van der Waals surface area contributed by atoms with Gasteiger partial charge in [-0.25, -0.2) is 9.97 Å². The zero-order valence-electron chi connectivity index (χ0n) is 14.2. The maximum absolute atomic E-state index is 10.8. The first kappa shape index (κ1) is 17.8. The molecule has 0 spiro atoms. The number of nitrogens with zero attached hydrogens (tertiary/aromatic N) is 4. The normalized spacial score (nSPS) is 10.9. The Morgan fingerprint density at radius 1 is 1.11 bits per heavy atom. The lowest BCUT2D eigenvalue weighted by Crippen LogP contribution is -1.99. The molecular formula is C18H15N5O4. The number of rotatable bonds is 5. The fourth-order valence-electron chi connectivity index (χ4n) is 2.34. The van der Waals surface area contributed by atoms with E-state index < -0.39 is 4.92 Å².